The summed E-state index contributed by atoms with van der Waals surface area (Å²) >= 11 is 6.07. The minimum atomic E-state index is 0.173. The summed E-state index contributed by atoms with van der Waals surface area (Å²) in [5, 5.41) is 0.628. The maximum Gasteiger partial charge on any atom is 0.227 e. The SMILES string of the molecule is CC(=O)CCc1nc2cc(-c3nc4cc(Cl)ccc4o3)ccc2n1C1CCOCC1. The standard InChI is InChI=1S/C23H22ClN3O3/c1-14(28)2-7-22-25-18-12-15(23-26-19-13-16(24)4-6-21(19)30-23)3-5-20(18)27(22)17-8-10-29-11-9-17/h3-6,12-13,17H,2,7-11H2,1H3. The Morgan fingerprint density at radius 1 is 1.13 bits per heavy atom. The van der Waals surface area contributed by atoms with E-state index in [9.17, 15) is 4.79 Å². The molecule has 2 aromatic carbocycles. The first-order valence-electron chi connectivity index (χ1n) is 10.2. The van der Waals surface area contributed by atoms with Crippen molar-refractivity contribution < 1.29 is 13.9 Å². The van der Waals surface area contributed by atoms with Crippen molar-refractivity contribution >= 4 is 39.5 Å². The van der Waals surface area contributed by atoms with Crippen molar-refractivity contribution in [3.05, 3.63) is 47.2 Å². The fourth-order valence-electron chi connectivity index (χ4n) is 4.12. The predicted molar refractivity (Wildman–Crippen MR) is 116 cm³/mol. The molecule has 0 spiro atoms. The van der Waals surface area contributed by atoms with Crippen LogP contribution in [-0.2, 0) is 16.0 Å². The predicted octanol–water partition coefficient (Wildman–Crippen LogP) is 5.37. The van der Waals surface area contributed by atoms with Crippen LogP contribution in [0.4, 0.5) is 0 Å². The zero-order valence-electron chi connectivity index (χ0n) is 16.7. The molecule has 3 heterocycles. The van der Waals surface area contributed by atoms with Crippen LogP contribution in [0.1, 0.15) is 38.1 Å². The van der Waals surface area contributed by atoms with Crippen molar-refractivity contribution in [2.75, 3.05) is 13.2 Å². The molecular weight excluding hydrogens is 402 g/mol. The minimum absolute atomic E-state index is 0.173. The fraction of sp³-hybridized carbons (Fsp3) is 0.348. The monoisotopic (exact) mass is 423 g/mol. The topological polar surface area (TPSA) is 70.2 Å². The van der Waals surface area contributed by atoms with Gasteiger partial charge in [-0.2, -0.15) is 0 Å². The second-order valence-electron chi connectivity index (χ2n) is 7.78. The second kappa shape index (κ2) is 7.85. The van der Waals surface area contributed by atoms with Crippen LogP contribution in [0.3, 0.4) is 0 Å². The first-order chi connectivity index (χ1) is 14.6. The first kappa shape index (κ1) is 19.3. The van der Waals surface area contributed by atoms with Crippen molar-refractivity contribution in [1.29, 1.82) is 0 Å². The first-order valence-corrected chi connectivity index (χ1v) is 10.6. The van der Waals surface area contributed by atoms with Crippen molar-refractivity contribution in [1.82, 2.24) is 14.5 Å². The van der Waals surface area contributed by atoms with E-state index in [1.165, 1.54) is 0 Å². The Bertz CT molecular complexity index is 1240. The lowest BCUT2D eigenvalue weighted by Gasteiger charge is -2.25. The molecule has 154 valence electrons. The zero-order valence-corrected chi connectivity index (χ0v) is 17.5. The Morgan fingerprint density at radius 2 is 1.97 bits per heavy atom. The van der Waals surface area contributed by atoms with Gasteiger partial charge in [0.25, 0.3) is 0 Å². The Hall–Kier alpha value is -2.70. The number of benzene rings is 2. The van der Waals surface area contributed by atoms with E-state index in [1.54, 1.807) is 19.1 Å². The summed E-state index contributed by atoms with van der Waals surface area (Å²) in [6.45, 7) is 3.12. The zero-order chi connectivity index (χ0) is 20.7. The second-order valence-corrected chi connectivity index (χ2v) is 8.21. The number of carbonyl (C=O) groups excluding carboxylic acids is 1. The summed E-state index contributed by atoms with van der Waals surface area (Å²) in [5.41, 5.74) is 4.25. The van der Waals surface area contributed by atoms with Gasteiger partial charge in [-0.3, -0.25) is 0 Å². The minimum Gasteiger partial charge on any atom is -0.436 e. The average Bonchev–Trinajstić information content (AvgIpc) is 3.33. The molecule has 0 bridgehead atoms. The highest BCUT2D eigenvalue weighted by molar-refractivity contribution is 6.31. The third-order valence-corrected chi connectivity index (χ3v) is 5.85. The number of imidazole rings is 1. The number of rotatable bonds is 5. The van der Waals surface area contributed by atoms with Gasteiger partial charge in [0, 0.05) is 42.7 Å². The molecule has 0 N–H and O–H groups in total. The molecule has 1 saturated heterocycles. The van der Waals surface area contributed by atoms with Gasteiger partial charge in [0.2, 0.25) is 5.89 Å². The van der Waals surface area contributed by atoms with Gasteiger partial charge in [0.1, 0.15) is 17.1 Å². The summed E-state index contributed by atoms with van der Waals surface area (Å²) in [6, 6.07) is 11.8. The van der Waals surface area contributed by atoms with Gasteiger partial charge in [0.05, 0.1) is 11.0 Å². The Balaban J connectivity index is 1.58. The van der Waals surface area contributed by atoms with E-state index in [-0.39, 0.29) is 5.78 Å². The Kier molecular flexibility index (Phi) is 5.05. The fourth-order valence-corrected chi connectivity index (χ4v) is 4.29. The van der Waals surface area contributed by atoms with E-state index >= 15 is 0 Å². The number of halogens is 1. The van der Waals surface area contributed by atoms with Crippen LogP contribution in [-0.4, -0.2) is 33.5 Å². The van der Waals surface area contributed by atoms with Crippen LogP contribution >= 0.6 is 11.6 Å². The largest absolute Gasteiger partial charge is 0.436 e. The van der Waals surface area contributed by atoms with Crippen LogP contribution in [0, 0.1) is 0 Å². The van der Waals surface area contributed by atoms with Crippen molar-refractivity contribution in [3.63, 3.8) is 0 Å². The maximum absolute atomic E-state index is 11.6. The van der Waals surface area contributed by atoms with Crippen molar-refractivity contribution in [2.24, 2.45) is 0 Å². The number of oxazole rings is 1. The van der Waals surface area contributed by atoms with Crippen molar-refractivity contribution in [2.45, 2.75) is 38.6 Å². The average molecular weight is 424 g/mol. The van der Waals surface area contributed by atoms with Gasteiger partial charge < -0.3 is 18.5 Å². The molecule has 0 atom stereocenters. The van der Waals surface area contributed by atoms with E-state index in [0.29, 0.717) is 35.4 Å². The normalized spacial score (nSPS) is 15.3. The molecule has 1 aliphatic rings. The van der Waals surface area contributed by atoms with Crippen LogP contribution in [0.2, 0.25) is 5.02 Å². The molecular formula is C23H22ClN3O3. The van der Waals surface area contributed by atoms with Crippen molar-refractivity contribution in [3.8, 4) is 11.5 Å². The number of ketones is 1. The van der Waals surface area contributed by atoms with Crippen LogP contribution in [0.25, 0.3) is 33.6 Å². The molecule has 5 rings (SSSR count). The van der Waals surface area contributed by atoms with Gasteiger partial charge >= 0.3 is 0 Å². The molecule has 1 aliphatic heterocycles. The smallest absolute Gasteiger partial charge is 0.227 e. The molecule has 2 aromatic heterocycles. The molecule has 7 heteroatoms. The van der Waals surface area contributed by atoms with E-state index in [4.69, 9.17) is 25.7 Å². The van der Waals surface area contributed by atoms with E-state index in [0.717, 1.165) is 54.0 Å². The molecule has 30 heavy (non-hydrogen) atoms. The third-order valence-electron chi connectivity index (χ3n) is 5.62. The van der Waals surface area contributed by atoms with Gasteiger partial charge in [-0.05, 0) is 56.2 Å². The van der Waals surface area contributed by atoms with E-state index < -0.39 is 0 Å². The Labute approximate surface area is 178 Å². The number of ether oxygens (including phenoxy) is 1. The van der Waals surface area contributed by atoms with Crippen LogP contribution < -0.4 is 0 Å². The summed E-state index contributed by atoms with van der Waals surface area (Å²) in [7, 11) is 0. The summed E-state index contributed by atoms with van der Waals surface area (Å²) in [4.78, 5) is 21.1. The number of aromatic nitrogens is 3. The molecule has 1 fully saturated rings. The maximum atomic E-state index is 11.6. The highest BCUT2D eigenvalue weighted by Crippen LogP contribution is 2.32. The van der Waals surface area contributed by atoms with Gasteiger partial charge in [-0.15, -0.1) is 0 Å². The highest BCUT2D eigenvalue weighted by Gasteiger charge is 2.22. The summed E-state index contributed by atoms with van der Waals surface area (Å²) in [5.74, 6) is 1.67. The number of Topliss-reactive ketones (excluding diaryl/α,β-unsaturated/α-hetero) is 1. The van der Waals surface area contributed by atoms with Gasteiger partial charge in [-0.25, -0.2) is 9.97 Å². The Morgan fingerprint density at radius 3 is 2.77 bits per heavy atom. The van der Waals surface area contributed by atoms with Gasteiger partial charge in [0.15, 0.2) is 5.58 Å². The van der Waals surface area contributed by atoms with Gasteiger partial charge in [-0.1, -0.05) is 11.6 Å². The lowest BCUT2D eigenvalue weighted by molar-refractivity contribution is -0.117. The van der Waals surface area contributed by atoms with Crippen LogP contribution in [0.5, 0.6) is 0 Å². The quantitative estimate of drug-likeness (QED) is 0.431. The lowest BCUT2D eigenvalue weighted by atomic mass is 10.1. The van der Waals surface area contributed by atoms with Crippen LogP contribution in [0.15, 0.2) is 40.8 Å². The molecule has 0 amide bonds. The summed E-state index contributed by atoms with van der Waals surface area (Å²) in [6.07, 6.45) is 3.03. The molecule has 6 nitrogen and oxygen atoms in total. The number of fused-ring (bicyclic) bond motifs is 2. The van der Waals surface area contributed by atoms with E-state index in [2.05, 4.69) is 15.6 Å². The molecule has 0 aliphatic carbocycles. The lowest BCUT2D eigenvalue weighted by Crippen LogP contribution is -2.21. The number of carbonyl (C=O) groups is 1. The molecule has 4 aromatic rings. The summed E-state index contributed by atoms with van der Waals surface area (Å²) < 4.78 is 13.8. The molecule has 0 unspecified atom stereocenters. The molecule has 0 radical (unpaired) electrons. The molecule has 0 saturated carbocycles. The number of aryl methyl sites for hydroxylation is 1. The number of hydrogen-bond donors (Lipinski definition) is 0. The highest BCUT2D eigenvalue weighted by atomic mass is 35.5. The third kappa shape index (κ3) is 3.61. The van der Waals surface area contributed by atoms with E-state index in [1.807, 2.05) is 18.2 Å². The number of hydrogen-bond acceptors (Lipinski definition) is 5. The number of nitrogens with zero attached hydrogens (tertiary/aromatic N) is 3.